The Kier molecular flexibility index (Phi) is 5.17. The van der Waals surface area contributed by atoms with E-state index in [2.05, 4.69) is 26.1 Å². The van der Waals surface area contributed by atoms with Crippen LogP contribution in [0.4, 0.5) is 4.79 Å². The number of amides is 1. The molecule has 0 aromatic heterocycles. The van der Waals surface area contributed by atoms with E-state index in [1.54, 1.807) is 0 Å². The summed E-state index contributed by atoms with van der Waals surface area (Å²) in [6.45, 7) is 6.27. The van der Waals surface area contributed by atoms with Gasteiger partial charge in [-0.2, -0.15) is 0 Å². The molecule has 2 atom stereocenters. The molecule has 0 spiro atoms. The number of carbonyl (C=O) groups excluding carboxylic acids is 1. The molecule has 0 aromatic rings. The van der Waals surface area contributed by atoms with E-state index in [9.17, 15) is 9.59 Å². The van der Waals surface area contributed by atoms with Gasteiger partial charge in [0.15, 0.2) is 0 Å². The van der Waals surface area contributed by atoms with Gasteiger partial charge >= 0.3 is 6.09 Å². The van der Waals surface area contributed by atoms with Crippen molar-refractivity contribution in [2.24, 2.45) is 17.3 Å². The van der Waals surface area contributed by atoms with E-state index >= 15 is 0 Å². The van der Waals surface area contributed by atoms with Crippen molar-refractivity contribution in [2.75, 3.05) is 0 Å². The first-order chi connectivity index (χ1) is 8.36. The van der Waals surface area contributed by atoms with Crippen LogP contribution < -0.4 is 5.32 Å². The summed E-state index contributed by atoms with van der Waals surface area (Å²) >= 11 is 0. The van der Waals surface area contributed by atoms with E-state index in [-0.39, 0.29) is 11.3 Å². The summed E-state index contributed by atoms with van der Waals surface area (Å²) in [6, 6.07) is -0.592. The molecule has 0 heterocycles. The first-order valence-electron chi connectivity index (χ1n) is 6.81. The number of hydrogen-bond acceptors (Lipinski definition) is 2. The number of carboxylic acid groups (broad SMARTS) is 1. The number of rotatable bonds is 4. The minimum atomic E-state index is -1.11. The van der Waals surface area contributed by atoms with Gasteiger partial charge in [0.1, 0.15) is 6.29 Å². The molecule has 1 aliphatic rings. The van der Waals surface area contributed by atoms with Crippen LogP contribution in [0.1, 0.15) is 52.9 Å². The molecule has 1 rings (SSSR count). The normalized spacial score (nSPS) is 21.1. The lowest BCUT2D eigenvalue weighted by atomic mass is 9.65. The van der Waals surface area contributed by atoms with E-state index in [1.165, 1.54) is 19.3 Å². The lowest BCUT2D eigenvalue weighted by Crippen LogP contribution is -2.49. The second-order valence-electron chi connectivity index (χ2n) is 6.40. The Morgan fingerprint density at radius 2 is 1.83 bits per heavy atom. The van der Waals surface area contributed by atoms with E-state index in [0.29, 0.717) is 5.92 Å². The van der Waals surface area contributed by atoms with Gasteiger partial charge in [0, 0.05) is 0 Å². The summed E-state index contributed by atoms with van der Waals surface area (Å²) in [6.07, 6.45) is 5.49. The summed E-state index contributed by atoms with van der Waals surface area (Å²) in [4.78, 5) is 22.1. The van der Waals surface area contributed by atoms with Crippen molar-refractivity contribution in [2.45, 2.75) is 58.9 Å². The van der Waals surface area contributed by atoms with Crippen molar-refractivity contribution in [1.82, 2.24) is 5.32 Å². The predicted octanol–water partition coefficient (Wildman–Crippen LogP) is 3.06. The fraction of sp³-hybridized carbons (Fsp3) is 0.857. The molecular weight excluding hydrogens is 230 g/mol. The molecule has 0 aromatic carbocycles. The van der Waals surface area contributed by atoms with Gasteiger partial charge in [0.05, 0.1) is 6.04 Å². The van der Waals surface area contributed by atoms with Gasteiger partial charge in [0.2, 0.25) is 0 Å². The Morgan fingerprint density at radius 1 is 1.28 bits per heavy atom. The van der Waals surface area contributed by atoms with Crippen LogP contribution in [0.25, 0.3) is 0 Å². The van der Waals surface area contributed by atoms with Crippen LogP contribution in [-0.2, 0) is 4.79 Å². The van der Waals surface area contributed by atoms with Crippen LogP contribution in [0.5, 0.6) is 0 Å². The minimum Gasteiger partial charge on any atom is -0.465 e. The second-order valence-corrected chi connectivity index (χ2v) is 6.40. The van der Waals surface area contributed by atoms with E-state index < -0.39 is 12.1 Å². The molecule has 0 bridgehead atoms. The smallest absolute Gasteiger partial charge is 0.405 e. The predicted molar refractivity (Wildman–Crippen MR) is 70.5 cm³/mol. The van der Waals surface area contributed by atoms with Crippen LogP contribution in [-0.4, -0.2) is 23.5 Å². The van der Waals surface area contributed by atoms with Gasteiger partial charge in [0.25, 0.3) is 0 Å². The van der Waals surface area contributed by atoms with Crippen molar-refractivity contribution in [3.8, 4) is 0 Å². The molecule has 1 unspecified atom stereocenters. The maximum absolute atomic E-state index is 11.2. The molecule has 4 nitrogen and oxygen atoms in total. The molecule has 18 heavy (non-hydrogen) atoms. The highest BCUT2D eigenvalue weighted by Gasteiger charge is 2.39. The molecule has 1 aliphatic carbocycles. The first-order valence-corrected chi connectivity index (χ1v) is 6.81. The van der Waals surface area contributed by atoms with Crippen LogP contribution in [0.2, 0.25) is 0 Å². The maximum Gasteiger partial charge on any atom is 0.405 e. The van der Waals surface area contributed by atoms with Gasteiger partial charge in [-0.05, 0) is 17.3 Å². The highest BCUT2D eigenvalue weighted by atomic mass is 16.4. The molecule has 1 amide bonds. The first kappa shape index (κ1) is 15.0. The van der Waals surface area contributed by atoms with Crippen LogP contribution >= 0.6 is 0 Å². The molecular formula is C14H25NO3. The highest BCUT2D eigenvalue weighted by Crippen LogP contribution is 2.41. The highest BCUT2D eigenvalue weighted by molar-refractivity contribution is 5.71. The molecule has 4 heteroatoms. The Labute approximate surface area is 109 Å². The second kappa shape index (κ2) is 6.21. The summed E-state index contributed by atoms with van der Waals surface area (Å²) in [5.41, 5.74) is -0.0734. The fourth-order valence-electron chi connectivity index (χ4n) is 3.38. The van der Waals surface area contributed by atoms with E-state index in [1.807, 2.05) is 0 Å². The zero-order valence-electron chi connectivity index (χ0n) is 11.6. The van der Waals surface area contributed by atoms with Crippen LogP contribution in [0, 0.1) is 17.3 Å². The maximum atomic E-state index is 11.2. The minimum absolute atomic E-state index is 0.0734. The SMILES string of the molecule is CC(C)(C)[C@H](C1CCCCC1)C(C=O)NC(=O)O. The van der Waals surface area contributed by atoms with Crippen molar-refractivity contribution < 1.29 is 14.7 Å². The Hall–Kier alpha value is -1.06. The van der Waals surface area contributed by atoms with Crippen molar-refractivity contribution in [1.29, 1.82) is 0 Å². The van der Waals surface area contributed by atoms with Crippen LogP contribution in [0.3, 0.4) is 0 Å². The third kappa shape index (κ3) is 4.00. The molecule has 1 fully saturated rings. The molecule has 104 valence electrons. The average Bonchev–Trinajstić information content (AvgIpc) is 2.27. The van der Waals surface area contributed by atoms with Gasteiger partial charge in [-0.15, -0.1) is 0 Å². The molecule has 2 N–H and O–H groups in total. The summed E-state index contributed by atoms with van der Waals surface area (Å²) < 4.78 is 0. The quantitative estimate of drug-likeness (QED) is 0.759. The Balaban J connectivity index is 2.87. The van der Waals surface area contributed by atoms with Gasteiger partial charge in [-0.1, -0.05) is 52.9 Å². The van der Waals surface area contributed by atoms with Crippen molar-refractivity contribution in [3.05, 3.63) is 0 Å². The Bertz CT molecular complexity index is 290. The summed E-state index contributed by atoms with van der Waals surface area (Å²) in [5.74, 6) is 0.521. The number of aldehydes is 1. The van der Waals surface area contributed by atoms with Gasteiger partial charge < -0.3 is 15.2 Å². The van der Waals surface area contributed by atoms with Crippen molar-refractivity contribution in [3.63, 3.8) is 0 Å². The summed E-state index contributed by atoms with van der Waals surface area (Å²) in [5, 5.41) is 11.2. The fourth-order valence-corrected chi connectivity index (χ4v) is 3.38. The summed E-state index contributed by atoms with van der Waals surface area (Å²) in [7, 11) is 0. The third-order valence-corrected chi connectivity index (χ3v) is 3.98. The van der Waals surface area contributed by atoms with Crippen molar-refractivity contribution >= 4 is 12.4 Å². The van der Waals surface area contributed by atoms with Gasteiger partial charge in [-0.3, -0.25) is 0 Å². The zero-order valence-corrected chi connectivity index (χ0v) is 11.6. The van der Waals surface area contributed by atoms with Gasteiger partial charge in [-0.25, -0.2) is 4.79 Å². The average molecular weight is 255 g/mol. The largest absolute Gasteiger partial charge is 0.465 e. The molecule has 1 saturated carbocycles. The zero-order chi connectivity index (χ0) is 13.8. The number of nitrogens with one attached hydrogen (secondary N) is 1. The lowest BCUT2D eigenvalue weighted by molar-refractivity contribution is -0.112. The number of carbonyl (C=O) groups is 2. The monoisotopic (exact) mass is 255 g/mol. The van der Waals surface area contributed by atoms with E-state index in [4.69, 9.17) is 5.11 Å². The lowest BCUT2D eigenvalue weighted by Gasteiger charge is -2.42. The number of hydrogen-bond donors (Lipinski definition) is 2. The molecule has 0 saturated heterocycles. The third-order valence-electron chi connectivity index (χ3n) is 3.98. The van der Waals surface area contributed by atoms with Crippen LogP contribution in [0.15, 0.2) is 0 Å². The van der Waals surface area contributed by atoms with E-state index in [0.717, 1.165) is 19.1 Å². The molecule has 0 radical (unpaired) electrons. The standard InChI is InChI=1S/C14H25NO3/c1-14(2,3)12(10-7-5-4-6-8-10)11(9-16)15-13(17)18/h9-12,15H,4-8H2,1-3H3,(H,17,18)/t11?,12-/m1/s1. The Morgan fingerprint density at radius 3 is 2.22 bits per heavy atom. The molecule has 0 aliphatic heterocycles. The topological polar surface area (TPSA) is 66.4 Å².